The third kappa shape index (κ3) is 2.54. The van der Waals surface area contributed by atoms with Gasteiger partial charge in [0.25, 0.3) is 5.69 Å². The van der Waals surface area contributed by atoms with Crippen LogP contribution in [0.2, 0.25) is 0 Å². The molecule has 0 spiro atoms. The van der Waals surface area contributed by atoms with Gasteiger partial charge in [-0.3, -0.25) is 10.1 Å². The van der Waals surface area contributed by atoms with Crippen LogP contribution >= 0.6 is 0 Å². The quantitative estimate of drug-likeness (QED) is 0.370. The van der Waals surface area contributed by atoms with Gasteiger partial charge in [0.15, 0.2) is 0 Å². The van der Waals surface area contributed by atoms with Crippen molar-refractivity contribution in [2.75, 3.05) is 0 Å². The summed E-state index contributed by atoms with van der Waals surface area (Å²) in [6.45, 7) is 1.50. The molecule has 0 aliphatic carbocycles. The summed E-state index contributed by atoms with van der Waals surface area (Å²) < 4.78 is 0. The molecular weight excluding hydrogens is 197 g/mol. The van der Waals surface area contributed by atoms with Crippen molar-refractivity contribution in [2.24, 2.45) is 0 Å². The predicted octanol–water partition coefficient (Wildman–Crippen LogP) is -1.28. The van der Waals surface area contributed by atoms with Crippen LogP contribution in [0.5, 0.6) is 0 Å². The first-order valence-electron chi connectivity index (χ1n) is 3.51. The van der Waals surface area contributed by atoms with E-state index in [1.54, 1.807) is 0 Å². The van der Waals surface area contributed by atoms with E-state index in [1.807, 2.05) is 0 Å². The van der Waals surface area contributed by atoms with E-state index in [4.69, 9.17) is 5.11 Å². The van der Waals surface area contributed by atoms with Gasteiger partial charge in [0.05, 0.1) is 4.92 Å². The van der Waals surface area contributed by atoms with Gasteiger partial charge in [-0.2, -0.15) is 0 Å². The molecule has 0 bridgehead atoms. The molecule has 0 amide bonds. The fourth-order valence-electron chi connectivity index (χ4n) is 1.07. The van der Waals surface area contributed by atoms with Crippen molar-refractivity contribution in [3.8, 4) is 0 Å². The number of aromatic carboxylic acids is 1. The monoisotopic (exact) mass is 205 g/mol. The fourth-order valence-corrected chi connectivity index (χ4v) is 1.07. The molecule has 5 nitrogen and oxygen atoms in total. The van der Waals surface area contributed by atoms with Crippen LogP contribution in [0.15, 0.2) is 18.2 Å². The Morgan fingerprint density at radius 2 is 2.14 bits per heavy atom. The Bertz CT molecular complexity index is 383. The molecule has 0 aliphatic heterocycles. The maximum Gasteiger partial charge on any atom is 1.00 e. The summed E-state index contributed by atoms with van der Waals surface area (Å²) in [6, 6.07) is 4.20. The van der Waals surface area contributed by atoms with Crippen LogP contribution in [-0.4, -0.2) is 16.0 Å². The number of carbonyl (C=O) groups is 1. The van der Waals surface area contributed by atoms with Gasteiger partial charge in [0.2, 0.25) is 0 Å². The van der Waals surface area contributed by atoms with Crippen LogP contribution in [0.3, 0.4) is 0 Å². The number of hydrogen-bond acceptors (Lipinski definition) is 3. The molecular formula is C8H8NNaO4. The normalized spacial score (nSPS) is 8.93. The number of nitrogens with zero attached hydrogens (tertiary/aromatic N) is 1. The second kappa shape index (κ2) is 5.09. The second-order valence-electron chi connectivity index (χ2n) is 2.53. The van der Waals surface area contributed by atoms with E-state index in [0.717, 1.165) is 0 Å². The number of nitro groups is 1. The average molecular weight is 205 g/mol. The summed E-state index contributed by atoms with van der Waals surface area (Å²) in [5.74, 6) is -1.28. The largest absolute Gasteiger partial charge is 1.00 e. The van der Waals surface area contributed by atoms with Crippen LogP contribution in [0.25, 0.3) is 0 Å². The Labute approximate surface area is 104 Å². The molecule has 0 saturated heterocycles. The summed E-state index contributed by atoms with van der Waals surface area (Å²) in [7, 11) is 0. The average Bonchev–Trinajstić information content (AvgIpc) is 2.02. The van der Waals surface area contributed by atoms with Crippen molar-refractivity contribution in [3.05, 3.63) is 39.4 Å². The summed E-state index contributed by atoms with van der Waals surface area (Å²) in [5, 5.41) is 19.1. The van der Waals surface area contributed by atoms with Crippen LogP contribution in [-0.2, 0) is 0 Å². The predicted molar refractivity (Wildman–Crippen MR) is 45.9 cm³/mol. The van der Waals surface area contributed by atoms with E-state index >= 15 is 0 Å². The number of nitro benzene ring substituents is 1. The number of carboxylic acid groups (broad SMARTS) is 1. The smallest absolute Gasteiger partial charge is 1.00 e. The molecule has 0 radical (unpaired) electrons. The molecule has 70 valence electrons. The number of aryl methyl sites for hydroxylation is 1. The molecule has 0 heterocycles. The minimum Gasteiger partial charge on any atom is -1.00 e. The topological polar surface area (TPSA) is 80.4 Å². The SMILES string of the molecule is Cc1cccc(C(=O)O)c1[N+](=O)[O-].[H-].[Na+]. The molecule has 14 heavy (non-hydrogen) atoms. The molecule has 0 aromatic heterocycles. The Morgan fingerprint density at radius 3 is 2.50 bits per heavy atom. The van der Waals surface area contributed by atoms with Gasteiger partial charge in [-0.15, -0.1) is 0 Å². The number of hydrogen-bond donors (Lipinski definition) is 1. The summed E-state index contributed by atoms with van der Waals surface area (Å²) in [4.78, 5) is 20.4. The van der Waals surface area contributed by atoms with Crippen molar-refractivity contribution in [2.45, 2.75) is 6.92 Å². The number of para-hydroxylation sites is 1. The zero-order chi connectivity index (χ0) is 10.0. The second-order valence-corrected chi connectivity index (χ2v) is 2.53. The molecule has 0 saturated carbocycles. The maximum absolute atomic E-state index is 10.6. The van der Waals surface area contributed by atoms with E-state index in [1.165, 1.54) is 25.1 Å². The van der Waals surface area contributed by atoms with Crippen molar-refractivity contribution >= 4 is 11.7 Å². The fraction of sp³-hybridized carbons (Fsp3) is 0.125. The Kier molecular flexibility index (Phi) is 4.76. The number of carboxylic acids is 1. The van der Waals surface area contributed by atoms with E-state index in [0.29, 0.717) is 5.56 Å². The Balaban J connectivity index is 0. The van der Waals surface area contributed by atoms with Gasteiger partial charge < -0.3 is 6.53 Å². The van der Waals surface area contributed by atoms with Crippen LogP contribution in [0.4, 0.5) is 5.69 Å². The van der Waals surface area contributed by atoms with E-state index in [-0.39, 0.29) is 42.2 Å². The van der Waals surface area contributed by atoms with Gasteiger partial charge in [0.1, 0.15) is 5.56 Å². The minimum absolute atomic E-state index is 0. The molecule has 6 heteroatoms. The summed E-state index contributed by atoms with van der Waals surface area (Å²) in [6.07, 6.45) is 0. The first kappa shape index (κ1) is 13.1. The Hall–Kier alpha value is -0.910. The third-order valence-electron chi connectivity index (χ3n) is 1.65. The molecule has 1 aromatic carbocycles. The van der Waals surface area contributed by atoms with E-state index < -0.39 is 10.9 Å². The van der Waals surface area contributed by atoms with Crippen LogP contribution < -0.4 is 29.6 Å². The third-order valence-corrected chi connectivity index (χ3v) is 1.65. The van der Waals surface area contributed by atoms with E-state index in [2.05, 4.69) is 0 Å². The van der Waals surface area contributed by atoms with Gasteiger partial charge >= 0.3 is 35.5 Å². The molecule has 0 aliphatic rings. The van der Waals surface area contributed by atoms with Crippen molar-refractivity contribution < 1.29 is 45.8 Å². The van der Waals surface area contributed by atoms with Crippen molar-refractivity contribution in [3.63, 3.8) is 0 Å². The molecule has 1 N–H and O–H groups in total. The minimum atomic E-state index is -1.28. The molecule has 0 atom stereocenters. The zero-order valence-electron chi connectivity index (χ0n) is 8.85. The molecule has 1 aromatic rings. The van der Waals surface area contributed by atoms with Crippen LogP contribution in [0, 0.1) is 17.0 Å². The summed E-state index contributed by atoms with van der Waals surface area (Å²) >= 11 is 0. The van der Waals surface area contributed by atoms with Gasteiger partial charge in [0, 0.05) is 5.56 Å². The van der Waals surface area contributed by atoms with Crippen molar-refractivity contribution in [1.82, 2.24) is 0 Å². The first-order chi connectivity index (χ1) is 6.04. The zero-order valence-corrected chi connectivity index (χ0v) is 9.85. The van der Waals surface area contributed by atoms with Crippen LogP contribution in [0.1, 0.15) is 17.3 Å². The standard InChI is InChI=1S/C8H7NO4.Na.H/c1-5-3-2-4-6(8(10)11)7(5)9(12)13;;/h2-4H,1H3,(H,10,11);;/q;+1;-1. The van der Waals surface area contributed by atoms with Crippen molar-refractivity contribution in [1.29, 1.82) is 0 Å². The molecule has 1 rings (SSSR count). The molecule has 0 unspecified atom stereocenters. The van der Waals surface area contributed by atoms with Gasteiger partial charge in [-0.1, -0.05) is 12.1 Å². The van der Waals surface area contributed by atoms with Gasteiger partial charge in [-0.25, -0.2) is 4.79 Å². The Morgan fingerprint density at radius 1 is 1.57 bits per heavy atom. The maximum atomic E-state index is 10.6. The van der Waals surface area contributed by atoms with Gasteiger partial charge in [-0.05, 0) is 13.0 Å². The number of benzene rings is 1. The molecule has 0 fully saturated rings. The number of rotatable bonds is 2. The first-order valence-corrected chi connectivity index (χ1v) is 3.51. The van der Waals surface area contributed by atoms with E-state index in [9.17, 15) is 14.9 Å². The summed E-state index contributed by atoms with van der Waals surface area (Å²) in [5.41, 5.74) is -0.259.